The predicted octanol–water partition coefficient (Wildman–Crippen LogP) is 7.44. The lowest BCUT2D eigenvalue weighted by Gasteiger charge is -2.19. The van der Waals surface area contributed by atoms with E-state index < -0.39 is 5.82 Å². The minimum atomic E-state index is -0.491. The van der Waals surface area contributed by atoms with Crippen LogP contribution < -0.4 is 10.2 Å². The standard InChI is InChI=1S/C27H24ClFO3/c1-16-8-13-23-19(14-16)24(30)26(31-15-20-21(28)6-5-7-22(20)29)25(32-23)17-9-11-18(12-10-17)27(2,3)4/h5-14H,15H2,1-4H3. The van der Waals surface area contributed by atoms with Crippen LogP contribution in [0.5, 0.6) is 5.75 Å². The van der Waals surface area contributed by atoms with E-state index in [4.69, 9.17) is 20.8 Å². The molecule has 0 radical (unpaired) electrons. The molecule has 5 heteroatoms. The Hall–Kier alpha value is -3.11. The van der Waals surface area contributed by atoms with Gasteiger partial charge in [-0.1, -0.05) is 74.3 Å². The Balaban J connectivity index is 1.85. The summed E-state index contributed by atoms with van der Waals surface area (Å²) in [5, 5.41) is 0.650. The monoisotopic (exact) mass is 450 g/mol. The van der Waals surface area contributed by atoms with Gasteiger partial charge in [-0.05, 0) is 42.2 Å². The van der Waals surface area contributed by atoms with Crippen molar-refractivity contribution in [2.45, 2.75) is 39.7 Å². The van der Waals surface area contributed by atoms with Crippen LogP contribution in [0.15, 0.2) is 69.9 Å². The Morgan fingerprint density at radius 2 is 1.75 bits per heavy atom. The molecule has 3 nitrogen and oxygen atoms in total. The second-order valence-corrected chi connectivity index (χ2v) is 9.31. The van der Waals surface area contributed by atoms with Gasteiger partial charge < -0.3 is 9.15 Å². The molecule has 0 bridgehead atoms. The van der Waals surface area contributed by atoms with Crippen LogP contribution >= 0.6 is 11.6 Å². The number of fused-ring (bicyclic) bond motifs is 1. The molecule has 0 N–H and O–H groups in total. The second kappa shape index (κ2) is 8.44. The maximum atomic E-state index is 14.3. The molecular formula is C27H24ClFO3. The van der Waals surface area contributed by atoms with Crippen molar-refractivity contribution < 1.29 is 13.5 Å². The number of halogens is 2. The van der Waals surface area contributed by atoms with Gasteiger partial charge in [0.2, 0.25) is 11.2 Å². The van der Waals surface area contributed by atoms with Crippen LogP contribution in [0.1, 0.15) is 37.5 Å². The van der Waals surface area contributed by atoms with E-state index in [0.29, 0.717) is 22.3 Å². The van der Waals surface area contributed by atoms with Gasteiger partial charge in [0.15, 0.2) is 5.76 Å². The second-order valence-electron chi connectivity index (χ2n) is 8.91. The highest BCUT2D eigenvalue weighted by Crippen LogP contribution is 2.34. The Morgan fingerprint density at radius 1 is 1.03 bits per heavy atom. The van der Waals surface area contributed by atoms with Crippen molar-refractivity contribution in [1.29, 1.82) is 0 Å². The van der Waals surface area contributed by atoms with Crippen LogP contribution in [0.2, 0.25) is 5.02 Å². The van der Waals surface area contributed by atoms with Gasteiger partial charge in [-0.3, -0.25) is 4.79 Å². The maximum absolute atomic E-state index is 14.3. The van der Waals surface area contributed by atoms with E-state index in [9.17, 15) is 9.18 Å². The van der Waals surface area contributed by atoms with Crippen LogP contribution in [0.4, 0.5) is 4.39 Å². The highest BCUT2D eigenvalue weighted by Gasteiger charge is 2.20. The summed E-state index contributed by atoms with van der Waals surface area (Å²) in [6, 6.07) is 17.7. The van der Waals surface area contributed by atoms with Crippen LogP contribution in [-0.2, 0) is 12.0 Å². The third-order valence-electron chi connectivity index (χ3n) is 5.44. The summed E-state index contributed by atoms with van der Waals surface area (Å²) in [6.07, 6.45) is 0. The fourth-order valence-corrected chi connectivity index (χ4v) is 3.77. The number of benzene rings is 3. The van der Waals surface area contributed by atoms with E-state index in [1.165, 1.54) is 12.1 Å². The summed E-state index contributed by atoms with van der Waals surface area (Å²) in [4.78, 5) is 13.4. The molecule has 0 saturated carbocycles. The molecule has 3 aromatic carbocycles. The summed E-state index contributed by atoms with van der Waals surface area (Å²) in [7, 11) is 0. The molecule has 0 aliphatic heterocycles. The van der Waals surface area contributed by atoms with Gasteiger partial charge in [0, 0.05) is 11.1 Å². The number of aryl methyl sites for hydroxylation is 1. The van der Waals surface area contributed by atoms with Crippen LogP contribution in [-0.4, -0.2) is 0 Å². The lowest BCUT2D eigenvalue weighted by Crippen LogP contribution is -2.12. The van der Waals surface area contributed by atoms with Gasteiger partial charge in [0.05, 0.1) is 10.4 Å². The molecule has 0 amide bonds. The van der Waals surface area contributed by atoms with Gasteiger partial charge in [0.25, 0.3) is 0 Å². The topological polar surface area (TPSA) is 39.4 Å². The van der Waals surface area contributed by atoms with Gasteiger partial charge in [-0.25, -0.2) is 4.39 Å². The number of hydrogen-bond acceptors (Lipinski definition) is 3. The van der Waals surface area contributed by atoms with Crippen molar-refractivity contribution in [3.63, 3.8) is 0 Å². The average Bonchev–Trinajstić information content (AvgIpc) is 2.74. The summed E-state index contributed by atoms with van der Waals surface area (Å²) in [6.45, 7) is 8.10. The molecule has 0 atom stereocenters. The lowest BCUT2D eigenvalue weighted by atomic mass is 9.86. The predicted molar refractivity (Wildman–Crippen MR) is 127 cm³/mol. The Labute approximate surface area is 191 Å². The molecule has 0 spiro atoms. The first-order valence-electron chi connectivity index (χ1n) is 10.4. The fraction of sp³-hybridized carbons (Fsp3) is 0.222. The van der Waals surface area contributed by atoms with Crippen LogP contribution in [0.3, 0.4) is 0 Å². The molecule has 4 aromatic rings. The number of hydrogen-bond donors (Lipinski definition) is 0. The molecule has 164 valence electrons. The minimum absolute atomic E-state index is 0.0127. The first kappa shape index (κ1) is 22.1. The smallest absolute Gasteiger partial charge is 0.235 e. The van der Waals surface area contributed by atoms with Crippen molar-refractivity contribution >= 4 is 22.6 Å². The highest BCUT2D eigenvalue weighted by molar-refractivity contribution is 6.31. The molecular weight excluding hydrogens is 427 g/mol. The zero-order valence-electron chi connectivity index (χ0n) is 18.5. The van der Waals surface area contributed by atoms with Gasteiger partial charge in [-0.2, -0.15) is 0 Å². The lowest BCUT2D eigenvalue weighted by molar-refractivity contribution is 0.292. The Bertz CT molecular complexity index is 1330. The van der Waals surface area contributed by atoms with E-state index in [1.54, 1.807) is 18.2 Å². The van der Waals surface area contributed by atoms with Crippen LogP contribution in [0.25, 0.3) is 22.3 Å². The summed E-state index contributed by atoms with van der Waals surface area (Å²) >= 11 is 6.15. The van der Waals surface area contributed by atoms with Crippen molar-refractivity contribution in [2.24, 2.45) is 0 Å². The number of rotatable bonds is 4. The first-order valence-corrected chi connectivity index (χ1v) is 10.8. The summed E-state index contributed by atoms with van der Waals surface area (Å²) in [5.41, 5.74) is 3.11. The van der Waals surface area contributed by atoms with E-state index in [1.807, 2.05) is 37.3 Å². The van der Waals surface area contributed by atoms with E-state index >= 15 is 0 Å². The highest BCUT2D eigenvalue weighted by atomic mass is 35.5. The minimum Gasteiger partial charge on any atom is -0.481 e. The van der Waals surface area contributed by atoms with E-state index in [0.717, 1.165) is 11.1 Å². The molecule has 0 aliphatic carbocycles. The molecule has 0 fully saturated rings. The van der Waals surface area contributed by atoms with Crippen molar-refractivity contribution in [3.05, 3.63) is 98.4 Å². The quantitative estimate of drug-likeness (QED) is 0.324. The van der Waals surface area contributed by atoms with Crippen molar-refractivity contribution in [1.82, 2.24) is 0 Å². The largest absolute Gasteiger partial charge is 0.481 e. The molecule has 0 saturated heterocycles. The average molecular weight is 451 g/mol. The normalized spacial score (nSPS) is 11.7. The Kier molecular flexibility index (Phi) is 5.83. The molecule has 0 aliphatic rings. The third-order valence-corrected chi connectivity index (χ3v) is 5.79. The zero-order chi connectivity index (χ0) is 23.0. The van der Waals surface area contributed by atoms with Gasteiger partial charge in [-0.15, -0.1) is 0 Å². The number of ether oxygens (including phenoxy) is 1. The van der Waals surface area contributed by atoms with Gasteiger partial charge in [0.1, 0.15) is 18.0 Å². The molecule has 32 heavy (non-hydrogen) atoms. The Morgan fingerprint density at radius 3 is 2.41 bits per heavy atom. The molecule has 1 heterocycles. The SMILES string of the molecule is Cc1ccc2oc(-c3ccc(C(C)(C)C)cc3)c(OCc3c(F)cccc3Cl)c(=O)c2c1. The van der Waals surface area contributed by atoms with Crippen molar-refractivity contribution in [2.75, 3.05) is 0 Å². The van der Waals surface area contributed by atoms with E-state index in [-0.39, 0.29) is 33.8 Å². The summed E-state index contributed by atoms with van der Waals surface area (Å²) in [5.74, 6) is -0.153. The zero-order valence-corrected chi connectivity index (χ0v) is 19.2. The van der Waals surface area contributed by atoms with Gasteiger partial charge >= 0.3 is 0 Å². The fourth-order valence-electron chi connectivity index (χ4n) is 3.55. The summed E-state index contributed by atoms with van der Waals surface area (Å²) < 4.78 is 26.3. The molecule has 4 rings (SSSR count). The third kappa shape index (κ3) is 4.28. The maximum Gasteiger partial charge on any atom is 0.235 e. The molecule has 0 unspecified atom stereocenters. The molecule has 1 aromatic heterocycles. The van der Waals surface area contributed by atoms with E-state index in [2.05, 4.69) is 20.8 Å². The van der Waals surface area contributed by atoms with Crippen LogP contribution in [0, 0.1) is 12.7 Å². The van der Waals surface area contributed by atoms with Crippen molar-refractivity contribution in [3.8, 4) is 17.1 Å². The first-order chi connectivity index (χ1) is 15.1.